The lowest BCUT2D eigenvalue weighted by Crippen LogP contribution is -2.33. The molecule has 1 unspecified atom stereocenters. The molecule has 0 saturated heterocycles. The van der Waals surface area contributed by atoms with Crippen LogP contribution in [0.3, 0.4) is 0 Å². The summed E-state index contributed by atoms with van der Waals surface area (Å²) in [5, 5.41) is 0. The highest BCUT2D eigenvalue weighted by atomic mass is 15.0. The summed E-state index contributed by atoms with van der Waals surface area (Å²) in [6, 6.07) is 8.60. The van der Waals surface area contributed by atoms with Gasteiger partial charge >= 0.3 is 0 Å². The lowest BCUT2D eigenvalue weighted by Gasteiger charge is -2.19. The Morgan fingerprint density at radius 2 is 1.89 bits per heavy atom. The average molecular weight is 257 g/mol. The Hall–Kier alpha value is -1.61. The van der Waals surface area contributed by atoms with Gasteiger partial charge in [0.1, 0.15) is 5.82 Å². The Balaban J connectivity index is 2.28. The van der Waals surface area contributed by atoms with Crippen LogP contribution >= 0.6 is 0 Å². The molecule has 1 aromatic carbocycles. The highest BCUT2D eigenvalue weighted by Gasteiger charge is 2.22. The fourth-order valence-corrected chi connectivity index (χ4v) is 1.97. The largest absolute Gasteiger partial charge is 0.340 e. The van der Waals surface area contributed by atoms with E-state index in [2.05, 4.69) is 55.0 Å². The van der Waals surface area contributed by atoms with Crippen molar-refractivity contribution in [3.8, 4) is 11.3 Å². The second kappa shape index (κ2) is 5.17. The quantitative estimate of drug-likeness (QED) is 0.875. The second-order valence-corrected chi connectivity index (χ2v) is 5.69. The van der Waals surface area contributed by atoms with Crippen LogP contribution in [0.4, 0.5) is 0 Å². The molecule has 0 radical (unpaired) electrons. The molecule has 3 nitrogen and oxygen atoms in total. The SMILES string of the molecule is CCC(C)(N)c1ncc(-c2ccc(C(C)C)cc2)[nH]1. The molecule has 0 aliphatic carbocycles. The van der Waals surface area contributed by atoms with Crippen molar-refractivity contribution < 1.29 is 0 Å². The topological polar surface area (TPSA) is 54.7 Å². The summed E-state index contributed by atoms with van der Waals surface area (Å²) in [7, 11) is 0. The van der Waals surface area contributed by atoms with Gasteiger partial charge in [-0.15, -0.1) is 0 Å². The molecular weight excluding hydrogens is 234 g/mol. The highest BCUT2D eigenvalue weighted by Crippen LogP contribution is 2.24. The van der Waals surface area contributed by atoms with Gasteiger partial charge < -0.3 is 10.7 Å². The molecule has 2 aromatic rings. The number of aromatic nitrogens is 2. The lowest BCUT2D eigenvalue weighted by molar-refractivity contribution is 0.450. The minimum Gasteiger partial charge on any atom is -0.340 e. The lowest BCUT2D eigenvalue weighted by atomic mass is 10.00. The van der Waals surface area contributed by atoms with E-state index >= 15 is 0 Å². The number of imidazole rings is 1. The molecule has 0 fully saturated rings. The van der Waals surface area contributed by atoms with Crippen LogP contribution < -0.4 is 5.73 Å². The summed E-state index contributed by atoms with van der Waals surface area (Å²) in [6.07, 6.45) is 2.72. The molecular formula is C16H23N3. The van der Waals surface area contributed by atoms with Crippen molar-refractivity contribution in [2.75, 3.05) is 0 Å². The molecule has 2 rings (SSSR count). The maximum Gasteiger partial charge on any atom is 0.126 e. The molecule has 3 N–H and O–H groups in total. The fourth-order valence-electron chi connectivity index (χ4n) is 1.97. The van der Waals surface area contributed by atoms with E-state index in [1.54, 1.807) is 0 Å². The molecule has 0 aliphatic heterocycles. The predicted molar refractivity (Wildman–Crippen MR) is 79.9 cm³/mol. The molecule has 19 heavy (non-hydrogen) atoms. The van der Waals surface area contributed by atoms with Gasteiger partial charge in [0.25, 0.3) is 0 Å². The first-order valence-corrected chi connectivity index (χ1v) is 6.88. The normalized spacial score (nSPS) is 14.6. The van der Waals surface area contributed by atoms with Crippen LogP contribution in [0.1, 0.15) is 51.4 Å². The van der Waals surface area contributed by atoms with Crippen LogP contribution in [-0.4, -0.2) is 9.97 Å². The summed E-state index contributed by atoms with van der Waals surface area (Å²) in [5.41, 5.74) is 9.33. The first-order valence-electron chi connectivity index (χ1n) is 6.88. The number of benzene rings is 1. The molecule has 1 atom stereocenters. The van der Waals surface area contributed by atoms with Crippen LogP contribution in [0.15, 0.2) is 30.5 Å². The standard InChI is InChI=1S/C16H23N3/c1-5-16(4,17)15-18-10-14(19-15)13-8-6-12(7-9-13)11(2)3/h6-11H,5,17H2,1-4H3,(H,18,19). The van der Waals surface area contributed by atoms with Crippen molar-refractivity contribution in [1.29, 1.82) is 0 Å². The zero-order valence-electron chi connectivity index (χ0n) is 12.2. The third kappa shape index (κ3) is 2.87. The summed E-state index contributed by atoms with van der Waals surface area (Å²) >= 11 is 0. The zero-order valence-corrected chi connectivity index (χ0v) is 12.2. The minimum absolute atomic E-state index is 0.393. The maximum absolute atomic E-state index is 6.20. The first-order chi connectivity index (χ1) is 8.94. The smallest absolute Gasteiger partial charge is 0.126 e. The van der Waals surface area contributed by atoms with Crippen LogP contribution in [0.2, 0.25) is 0 Å². The second-order valence-electron chi connectivity index (χ2n) is 5.69. The highest BCUT2D eigenvalue weighted by molar-refractivity contribution is 5.59. The van der Waals surface area contributed by atoms with Gasteiger partial charge in [-0.3, -0.25) is 0 Å². The van der Waals surface area contributed by atoms with E-state index in [4.69, 9.17) is 5.73 Å². The Bertz CT molecular complexity index is 535. The maximum atomic E-state index is 6.20. The number of H-pyrrole nitrogens is 1. The monoisotopic (exact) mass is 257 g/mol. The van der Waals surface area contributed by atoms with Crippen LogP contribution in [0, 0.1) is 0 Å². The third-order valence-electron chi connectivity index (χ3n) is 3.74. The van der Waals surface area contributed by atoms with Gasteiger partial charge in [0.2, 0.25) is 0 Å². The summed E-state index contributed by atoms with van der Waals surface area (Å²) in [6.45, 7) is 8.46. The Morgan fingerprint density at radius 3 is 2.42 bits per heavy atom. The van der Waals surface area contributed by atoms with Crippen molar-refractivity contribution in [1.82, 2.24) is 9.97 Å². The molecule has 0 bridgehead atoms. The van der Waals surface area contributed by atoms with Crippen molar-refractivity contribution in [2.45, 2.75) is 45.6 Å². The molecule has 102 valence electrons. The number of hydrogen-bond acceptors (Lipinski definition) is 2. The minimum atomic E-state index is -0.393. The Labute approximate surface area is 115 Å². The van der Waals surface area contributed by atoms with Crippen molar-refractivity contribution in [2.24, 2.45) is 5.73 Å². The van der Waals surface area contributed by atoms with Gasteiger partial charge in [-0.1, -0.05) is 45.0 Å². The Morgan fingerprint density at radius 1 is 1.26 bits per heavy atom. The summed E-state index contributed by atoms with van der Waals surface area (Å²) < 4.78 is 0. The van der Waals surface area contributed by atoms with E-state index in [1.807, 2.05) is 13.1 Å². The van der Waals surface area contributed by atoms with Crippen LogP contribution in [0.5, 0.6) is 0 Å². The summed E-state index contributed by atoms with van der Waals surface area (Å²) in [5.74, 6) is 1.40. The van der Waals surface area contributed by atoms with Gasteiger partial charge in [-0.25, -0.2) is 4.98 Å². The van der Waals surface area contributed by atoms with Gasteiger partial charge in [0, 0.05) is 0 Å². The molecule has 1 heterocycles. The summed E-state index contributed by atoms with van der Waals surface area (Å²) in [4.78, 5) is 7.75. The van der Waals surface area contributed by atoms with E-state index in [-0.39, 0.29) is 0 Å². The molecule has 0 saturated carbocycles. The van der Waals surface area contributed by atoms with Crippen molar-refractivity contribution in [3.05, 3.63) is 41.9 Å². The Kier molecular flexibility index (Phi) is 3.76. The van der Waals surface area contributed by atoms with Gasteiger partial charge in [-0.2, -0.15) is 0 Å². The molecule has 3 heteroatoms. The number of nitrogens with two attached hydrogens (primary N) is 1. The van der Waals surface area contributed by atoms with Gasteiger partial charge in [0.15, 0.2) is 0 Å². The van der Waals surface area contributed by atoms with Crippen molar-refractivity contribution >= 4 is 0 Å². The van der Waals surface area contributed by atoms with E-state index in [0.717, 1.165) is 23.5 Å². The zero-order chi connectivity index (χ0) is 14.0. The fraction of sp³-hybridized carbons (Fsp3) is 0.438. The average Bonchev–Trinajstić information content (AvgIpc) is 2.89. The van der Waals surface area contributed by atoms with Gasteiger partial charge in [-0.05, 0) is 30.4 Å². The van der Waals surface area contributed by atoms with E-state index in [1.165, 1.54) is 5.56 Å². The molecule has 1 aromatic heterocycles. The molecule has 0 amide bonds. The predicted octanol–water partition coefficient (Wildman–Crippen LogP) is 3.78. The van der Waals surface area contributed by atoms with Crippen LogP contribution in [-0.2, 0) is 5.54 Å². The number of nitrogens with one attached hydrogen (secondary N) is 1. The number of hydrogen-bond donors (Lipinski definition) is 2. The van der Waals surface area contributed by atoms with E-state index in [9.17, 15) is 0 Å². The molecule has 0 aliphatic rings. The van der Waals surface area contributed by atoms with Gasteiger partial charge in [0.05, 0.1) is 17.4 Å². The number of nitrogens with zero attached hydrogens (tertiary/aromatic N) is 1. The first kappa shape index (κ1) is 13.8. The van der Waals surface area contributed by atoms with Crippen molar-refractivity contribution in [3.63, 3.8) is 0 Å². The third-order valence-corrected chi connectivity index (χ3v) is 3.74. The molecule has 0 spiro atoms. The van der Waals surface area contributed by atoms with Crippen LogP contribution in [0.25, 0.3) is 11.3 Å². The van der Waals surface area contributed by atoms with E-state index in [0.29, 0.717) is 5.92 Å². The number of aromatic amines is 1. The van der Waals surface area contributed by atoms with E-state index < -0.39 is 5.54 Å². The number of rotatable bonds is 4.